The molecule has 7 nitrogen and oxygen atoms in total. The molecule has 3 rings (SSSR count). The Bertz CT molecular complexity index is 719. The first kappa shape index (κ1) is 18.6. The van der Waals surface area contributed by atoms with Gasteiger partial charge >= 0.3 is 5.97 Å². The summed E-state index contributed by atoms with van der Waals surface area (Å²) in [5, 5.41) is 3.54. The Morgan fingerprint density at radius 2 is 1.96 bits per heavy atom. The number of piperidine rings is 1. The van der Waals surface area contributed by atoms with E-state index in [0.29, 0.717) is 19.1 Å². The molecule has 1 aromatic heterocycles. The molecule has 1 aliphatic carbocycles. The fourth-order valence-electron chi connectivity index (χ4n) is 2.95. The molecule has 0 unspecified atom stereocenters. The second-order valence-corrected chi connectivity index (χ2v) is 9.67. The maximum Gasteiger partial charge on any atom is 0.348 e. The molecule has 0 radical (unpaired) electrons. The van der Waals surface area contributed by atoms with Crippen LogP contribution in [0.15, 0.2) is 10.3 Å². The molecule has 2 fully saturated rings. The van der Waals surface area contributed by atoms with Crippen molar-refractivity contribution in [2.24, 2.45) is 5.92 Å². The average Bonchev–Trinajstić information content (AvgIpc) is 3.35. The molecule has 0 amide bonds. The van der Waals surface area contributed by atoms with Crippen LogP contribution in [0.2, 0.25) is 0 Å². The summed E-state index contributed by atoms with van der Waals surface area (Å²) in [5.41, 5.74) is 0. The molecular weight excluding hydrogens is 364 g/mol. The van der Waals surface area contributed by atoms with Crippen molar-refractivity contribution in [3.05, 3.63) is 10.9 Å². The molecule has 2 aliphatic rings. The van der Waals surface area contributed by atoms with Gasteiger partial charge in [-0.25, -0.2) is 13.2 Å². The van der Waals surface area contributed by atoms with Gasteiger partial charge in [-0.1, -0.05) is 0 Å². The van der Waals surface area contributed by atoms with E-state index in [0.717, 1.165) is 36.6 Å². The highest BCUT2D eigenvalue weighted by atomic mass is 32.2. The van der Waals surface area contributed by atoms with Crippen molar-refractivity contribution in [3.8, 4) is 5.75 Å². The zero-order valence-electron chi connectivity index (χ0n) is 14.5. The van der Waals surface area contributed by atoms with Crippen LogP contribution in [-0.4, -0.2) is 58.6 Å². The number of sulfonamides is 1. The molecule has 1 N–H and O–H groups in total. The van der Waals surface area contributed by atoms with Crippen molar-refractivity contribution in [3.63, 3.8) is 0 Å². The van der Waals surface area contributed by atoms with E-state index in [1.165, 1.54) is 37.4 Å². The van der Waals surface area contributed by atoms with Gasteiger partial charge in [-0.05, 0) is 38.1 Å². The number of ether oxygens (including phenoxy) is 2. The standard InChI is InChI=1S/C16H24N2O5S2/c1-22-13-9-14(15(19)23-2)24-16(13)25(20,21)18-7-5-12(6-8-18)17-10-11-3-4-11/h9,11-12,17H,3-8,10H2,1-2H3. The average molecular weight is 389 g/mol. The van der Waals surface area contributed by atoms with Gasteiger partial charge in [0, 0.05) is 25.2 Å². The summed E-state index contributed by atoms with van der Waals surface area (Å²) in [5.74, 6) is 0.445. The third-order valence-electron chi connectivity index (χ3n) is 4.69. The zero-order valence-corrected chi connectivity index (χ0v) is 16.1. The summed E-state index contributed by atoms with van der Waals surface area (Å²) in [4.78, 5) is 11.9. The van der Waals surface area contributed by atoms with Crippen LogP contribution in [0.5, 0.6) is 5.75 Å². The third kappa shape index (κ3) is 4.16. The highest BCUT2D eigenvalue weighted by molar-refractivity contribution is 7.91. The molecular formula is C16H24N2O5S2. The molecule has 0 spiro atoms. The summed E-state index contributed by atoms with van der Waals surface area (Å²) in [6, 6.07) is 1.80. The van der Waals surface area contributed by atoms with Gasteiger partial charge < -0.3 is 14.8 Å². The molecule has 2 heterocycles. The molecule has 9 heteroatoms. The number of carbonyl (C=O) groups is 1. The van der Waals surface area contributed by atoms with Gasteiger partial charge in [0.05, 0.1) is 14.2 Å². The Morgan fingerprint density at radius 3 is 2.52 bits per heavy atom. The second kappa shape index (κ2) is 7.61. The Labute approximate surface area is 152 Å². The lowest BCUT2D eigenvalue weighted by atomic mass is 10.1. The number of esters is 1. The largest absolute Gasteiger partial charge is 0.494 e. The van der Waals surface area contributed by atoms with Gasteiger partial charge in [0.1, 0.15) is 4.88 Å². The van der Waals surface area contributed by atoms with E-state index in [-0.39, 0.29) is 14.8 Å². The van der Waals surface area contributed by atoms with E-state index in [9.17, 15) is 13.2 Å². The van der Waals surface area contributed by atoms with E-state index in [1.54, 1.807) is 0 Å². The molecule has 25 heavy (non-hydrogen) atoms. The minimum atomic E-state index is -3.68. The lowest BCUT2D eigenvalue weighted by Gasteiger charge is -2.31. The van der Waals surface area contributed by atoms with Crippen LogP contribution in [0.4, 0.5) is 0 Å². The minimum Gasteiger partial charge on any atom is -0.494 e. The third-order valence-corrected chi connectivity index (χ3v) is 8.18. The normalized spacial score (nSPS) is 19.8. The van der Waals surface area contributed by atoms with Crippen LogP contribution < -0.4 is 10.1 Å². The first-order chi connectivity index (χ1) is 12.0. The second-order valence-electron chi connectivity index (χ2n) is 6.49. The van der Waals surface area contributed by atoms with Crippen LogP contribution in [0.25, 0.3) is 0 Å². The number of carbonyl (C=O) groups excluding carboxylic acids is 1. The van der Waals surface area contributed by atoms with Crippen molar-refractivity contribution in [2.75, 3.05) is 33.9 Å². The monoisotopic (exact) mass is 388 g/mol. The van der Waals surface area contributed by atoms with Gasteiger partial charge in [0.25, 0.3) is 10.0 Å². The van der Waals surface area contributed by atoms with E-state index >= 15 is 0 Å². The fraction of sp³-hybridized carbons (Fsp3) is 0.688. The number of thiophene rings is 1. The lowest BCUT2D eigenvalue weighted by Crippen LogP contribution is -2.45. The quantitative estimate of drug-likeness (QED) is 0.716. The first-order valence-electron chi connectivity index (χ1n) is 8.45. The number of rotatable bonds is 7. The molecule has 1 saturated carbocycles. The number of hydrogen-bond donors (Lipinski definition) is 1. The molecule has 0 atom stereocenters. The van der Waals surface area contributed by atoms with Crippen molar-refractivity contribution < 1.29 is 22.7 Å². The summed E-state index contributed by atoms with van der Waals surface area (Å²) in [6.45, 7) is 1.98. The number of nitrogens with zero attached hydrogens (tertiary/aromatic N) is 1. The van der Waals surface area contributed by atoms with Crippen LogP contribution in [0.1, 0.15) is 35.4 Å². The molecule has 140 valence electrons. The van der Waals surface area contributed by atoms with Gasteiger partial charge in [0.15, 0.2) is 9.96 Å². The van der Waals surface area contributed by atoms with Gasteiger partial charge in [-0.15, -0.1) is 11.3 Å². The lowest BCUT2D eigenvalue weighted by molar-refractivity contribution is 0.0606. The Morgan fingerprint density at radius 1 is 1.28 bits per heavy atom. The molecule has 1 aliphatic heterocycles. The molecule has 0 bridgehead atoms. The zero-order chi connectivity index (χ0) is 18.0. The van der Waals surface area contributed by atoms with Gasteiger partial charge in [0.2, 0.25) is 0 Å². The maximum absolute atomic E-state index is 13.0. The van der Waals surface area contributed by atoms with E-state index in [1.807, 2.05) is 0 Å². The Balaban J connectivity index is 1.69. The van der Waals surface area contributed by atoms with E-state index < -0.39 is 16.0 Å². The Kier molecular flexibility index (Phi) is 5.67. The minimum absolute atomic E-state index is 0.0692. The number of methoxy groups -OCH3 is 2. The molecule has 1 saturated heterocycles. The Hall–Kier alpha value is -1.16. The number of nitrogens with one attached hydrogen (secondary N) is 1. The highest BCUT2D eigenvalue weighted by Gasteiger charge is 2.34. The van der Waals surface area contributed by atoms with Gasteiger partial charge in [-0.2, -0.15) is 4.31 Å². The van der Waals surface area contributed by atoms with Crippen molar-refractivity contribution in [2.45, 2.75) is 35.9 Å². The summed E-state index contributed by atoms with van der Waals surface area (Å²) in [6.07, 6.45) is 4.20. The maximum atomic E-state index is 13.0. The number of hydrogen-bond acceptors (Lipinski definition) is 7. The summed E-state index contributed by atoms with van der Waals surface area (Å²) >= 11 is 0.896. The first-order valence-corrected chi connectivity index (χ1v) is 10.7. The van der Waals surface area contributed by atoms with E-state index in [2.05, 4.69) is 10.1 Å². The highest BCUT2D eigenvalue weighted by Crippen LogP contribution is 2.36. The SMILES string of the molecule is COC(=O)c1cc(OC)c(S(=O)(=O)N2CCC(NCC3CC3)CC2)s1. The fourth-order valence-corrected chi connectivity index (χ4v) is 6.06. The molecule has 1 aromatic rings. The summed E-state index contributed by atoms with van der Waals surface area (Å²) in [7, 11) is -1.01. The predicted octanol–water partition coefficient (Wildman–Crippen LogP) is 1.70. The van der Waals surface area contributed by atoms with Crippen molar-refractivity contribution in [1.29, 1.82) is 0 Å². The van der Waals surface area contributed by atoms with Crippen molar-refractivity contribution in [1.82, 2.24) is 9.62 Å². The van der Waals surface area contributed by atoms with Crippen LogP contribution in [0.3, 0.4) is 0 Å². The predicted molar refractivity (Wildman–Crippen MR) is 94.7 cm³/mol. The van der Waals surface area contributed by atoms with Crippen LogP contribution >= 0.6 is 11.3 Å². The van der Waals surface area contributed by atoms with Crippen molar-refractivity contribution >= 4 is 27.3 Å². The summed E-state index contributed by atoms with van der Waals surface area (Å²) < 4.78 is 37.3. The van der Waals surface area contributed by atoms with E-state index in [4.69, 9.17) is 4.74 Å². The van der Waals surface area contributed by atoms with Crippen LogP contribution in [-0.2, 0) is 14.8 Å². The van der Waals surface area contributed by atoms with Crippen LogP contribution in [0, 0.1) is 5.92 Å². The topological polar surface area (TPSA) is 84.9 Å². The van der Waals surface area contributed by atoms with Gasteiger partial charge in [-0.3, -0.25) is 0 Å². The smallest absolute Gasteiger partial charge is 0.348 e. The molecule has 0 aromatic carbocycles.